The van der Waals surface area contributed by atoms with Crippen LogP contribution in [0.1, 0.15) is 17.3 Å². The molecule has 25 heavy (non-hydrogen) atoms. The summed E-state index contributed by atoms with van der Waals surface area (Å²) in [4.78, 5) is 14.5. The highest BCUT2D eigenvalue weighted by Crippen LogP contribution is 2.30. The summed E-state index contributed by atoms with van der Waals surface area (Å²) in [6.07, 6.45) is -8.94. The summed E-state index contributed by atoms with van der Waals surface area (Å²) in [6.45, 7) is 3.90. The van der Waals surface area contributed by atoms with Gasteiger partial charge in [-0.1, -0.05) is 19.1 Å². The number of alkyl halides is 4. The van der Waals surface area contributed by atoms with Crippen molar-refractivity contribution in [2.45, 2.75) is 31.6 Å². The van der Waals surface area contributed by atoms with Gasteiger partial charge in [0.25, 0.3) is 5.91 Å². The van der Waals surface area contributed by atoms with E-state index in [9.17, 15) is 22.4 Å². The molecule has 9 heteroatoms. The largest absolute Gasteiger partial charge is 0.461 e. The minimum Gasteiger partial charge on any atom is -0.427 e. The molecule has 1 N–H and O–H groups in total. The topological polar surface area (TPSA) is 50.8 Å². The Balaban J connectivity index is 2.14. The lowest BCUT2D eigenvalue weighted by molar-refractivity contribution is -0.253. The van der Waals surface area contributed by atoms with Gasteiger partial charge in [-0.2, -0.15) is 17.6 Å². The van der Waals surface area contributed by atoms with Crippen molar-refractivity contribution >= 4 is 5.91 Å². The number of hydrogen-bond acceptors (Lipinski definition) is 4. The zero-order chi connectivity index (χ0) is 18.6. The van der Waals surface area contributed by atoms with Crippen LogP contribution in [0.25, 0.3) is 0 Å². The Hall–Kier alpha value is -1.87. The monoisotopic (exact) mass is 364 g/mol. The van der Waals surface area contributed by atoms with Crippen molar-refractivity contribution in [3.05, 3.63) is 29.8 Å². The number of para-hydroxylation sites is 1. The number of nitrogens with zero attached hydrogens (tertiary/aromatic N) is 1. The lowest BCUT2D eigenvalue weighted by Crippen LogP contribution is -2.44. The molecule has 1 aliphatic heterocycles. The molecule has 1 fully saturated rings. The highest BCUT2D eigenvalue weighted by molar-refractivity contribution is 5.97. The number of hydrogen-bond donors (Lipinski definition) is 1. The Kier molecular flexibility index (Phi) is 6.23. The predicted molar refractivity (Wildman–Crippen MR) is 82.2 cm³/mol. The van der Waals surface area contributed by atoms with E-state index in [1.54, 1.807) is 0 Å². The Morgan fingerprint density at radius 2 is 2.04 bits per heavy atom. The lowest BCUT2D eigenvalue weighted by atomic mass is 10.1. The van der Waals surface area contributed by atoms with Crippen molar-refractivity contribution in [2.24, 2.45) is 0 Å². The zero-order valence-electron chi connectivity index (χ0n) is 13.8. The minimum atomic E-state index is -4.68. The molecular formula is C16H20F4N2O3. The first-order valence-corrected chi connectivity index (χ1v) is 7.78. The van der Waals surface area contributed by atoms with Gasteiger partial charge >= 0.3 is 12.5 Å². The van der Waals surface area contributed by atoms with Gasteiger partial charge in [0, 0.05) is 20.2 Å². The number of likely N-dealkylation sites (N-methyl/N-ethyl adjacent to an activating group) is 1. The van der Waals surface area contributed by atoms with E-state index in [1.165, 1.54) is 25.3 Å². The summed E-state index contributed by atoms with van der Waals surface area (Å²) < 4.78 is 60.4. The molecule has 1 saturated heterocycles. The molecular weight excluding hydrogens is 344 g/mol. The van der Waals surface area contributed by atoms with Crippen LogP contribution in [0.5, 0.6) is 5.75 Å². The maximum Gasteiger partial charge on any atom is 0.461 e. The molecule has 0 unspecified atom stereocenters. The maximum absolute atomic E-state index is 13.2. The summed E-state index contributed by atoms with van der Waals surface area (Å²) >= 11 is 0. The second kappa shape index (κ2) is 8.01. The quantitative estimate of drug-likeness (QED) is 0.755. The van der Waals surface area contributed by atoms with Crippen molar-refractivity contribution in [3.8, 4) is 5.75 Å². The fraction of sp³-hybridized carbons (Fsp3) is 0.562. The Morgan fingerprint density at radius 3 is 2.64 bits per heavy atom. The minimum absolute atomic E-state index is 0.243. The van der Waals surface area contributed by atoms with Crippen molar-refractivity contribution in [1.82, 2.24) is 10.2 Å². The van der Waals surface area contributed by atoms with Gasteiger partial charge in [-0.25, -0.2) is 0 Å². The molecule has 140 valence electrons. The molecule has 1 aromatic carbocycles. The van der Waals surface area contributed by atoms with Crippen LogP contribution in [0, 0.1) is 0 Å². The molecule has 0 radical (unpaired) electrons. The third-order valence-electron chi connectivity index (χ3n) is 4.04. The Labute approximate surface area is 142 Å². The number of amides is 1. The first-order chi connectivity index (χ1) is 11.8. The van der Waals surface area contributed by atoms with Crippen LogP contribution in [-0.4, -0.2) is 62.2 Å². The van der Waals surface area contributed by atoms with Gasteiger partial charge in [0.1, 0.15) is 5.75 Å². The lowest BCUT2D eigenvalue weighted by Gasteiger charge is -2.21. The highest BCUT2D eigenvalue weighted by Gasteiger charge is 2.44. The third-order valence-corrected chi connectivity index (χ3v) is 4.04. The second-order valence-corrected chi connectivity index (χ2v) is 5.67. The van der Waals surface area contributed by atoms with Gasteiger partial charge < -0.3 is 14.8 Å². The first-order valence-electron chi connectivity index (χ1n) is 7.78. The molecule has 1 amide bonds. The smallest absolute Gasteiger partial charge is 0.427 e. The predicted octanol–water partition coefficient (Wildman–Crippen LogP) is 2.37. The number of halogens is 4. The molecule has 1 aromatic rings. The van der Waals surface area contributed by atoms with Gasteiger partial charge in [-0.3, -0.25) is 9.69 Å². The van der Waals surface area contributed by atoms with E-state index < -0.39 is 24.2 Å². The number of rotatable bonds is 7. The number of carbonyl (C=O) groups is 1. The standard InChI is InChI=1S/C16H20F4N2O3/c1-3-22-8-11(13(9-22)24-2)21-14(23)10-6-4-5-7-12(10)25-16(19,20)15(17)18/h4-7,11,13,15H,3,8-9H2,1-2H3,(H,21,23)/t11-,13-/m0/s1. The normalized spacial score (nSPS) is 21.6. The number of methoxy groups -OCH3 is 1. The summed E-state index contributed by atoms with van der Waals surface area (Å²) in [7, 11) is 1.52. The number of likely N-dealkylation sites (tertiary alicyclic amines) is 1. The van der Waals surface area contributed by atoms with Gasteiger partial charge in [-0.05, 0) is 18.7 Å². The molecule has 2 rings (SSSR count). The zero-order valence-corrected chi connectivity index (χ0v) is 13.8. The van der Waals surface area contributed by atoms with Crippen LogP contribution < -0.4 is 10.1 Å². The molecule has 2 atom stereocenters. The van der Waals surface area contributed by atoms with Crippen LogP contribution in [0.4, 0.5) is 17.6 Å². The Morgan fingerprint density at radius 1 is 1.36 bits per heavy atom. The van der Waals surface area contributed by atoms with E-state index in [-0.39, 0.29) is 17.7 Å². The van der Waals surface area contributed by atoms with E-state index >= 15 is 0 Å². The van der Waals surface area contributed by atoms with E-state index in [0.717, 1.165) is 12.6 Å². The van der Waals surface area contributed by atoms with Crippen LogP contribution >= 0.6 is 0 Å². The molecule has 0 aromatic heterocycles. The average molecular weight is 364 g/mol. The summed E-state index contributed by atoms with van der Waals surface area (Å²) in [6, 6.07) is 4.69. The molecule has 5 nitrogen and oxygen atoms in total. The average Bonchev–Trinajstić information content (AvgIpc) is 2.96. The van der Waals surface area contributed by atoms with E-state index in [1.807, 2.05) is 6.92 Å². The summed E-state index contributed by atoms with van der Waals surface area (Å²) in [5.74, 6) is -1.30. The van der Waals surface area contributed by atoms with Crippen LogP contribution in [0.15, 0.2) is 24.3 Å². The molecule has 0 saturated carbocycles. The van der Waals surface area contributed by atoms with Gasteiger partial charge in [-0.15, -0.1) is 0 Å². The fourth-order valence-electron chi connectivity index (χ4n) is 2.67. The van der Waals surface area contributed by atoms with Crippen molar-refractivity contribution in [1.29, 1.82) is 0 Å². The molecule has 0 spiro atoms. The number of benzene rings is 1. The van der Waals surface area contributed by atoms with E-state index in [4.69, 9.17) is 4.74 Å². The van der Waals surface area contributed by atoms with Crippen molar-refractivity contribution < 1.29 is 31.8 Å². The van der Waals surface area contributed by atoms with Crippen LogP contribution in [-0.2, 0) is 4.74 Å². The van der Waals surface area contributed by atoms with Crippen molar-refractivity contribution in [3.63, 3.8) is 0 Å². The van der Waals surface area contributed by atoms with Gasteiger partial charge in [0.2, 0.25) is 0 Å². The van der Waals surface area contributed by atoms with Crippen molar-refractivity contribution in [2.75, 3.05) is 26.7 Å². The summed E-state index contributed by atoms with van der Waals surface area (Å²) in [5, 5.41) is 2.70. The number of ether oxygens (including phenoxy) is 2. The van der Waals surface area contributed by atoms with Crippen LogP contribution in [0.3, 0.4) is 0 Å². The molecule has 1 aliphatic rings. The first kappa shape index (κ1) is 19.5. The molecule has 0 aliphatic carbocycles. The van der Waals surface area contributed by atoms with E-state index in [0.29, 0.717) is 13.1 Å². The second-order valence-electron chi connectivity index (χ2n) is 5.67. The number of carbonyl (C=O) groups excluding carboxylic acids is 1. The van der Waals surface area contributed by atoms with Crippen LogP contribution in [0.2, 0.25) is 0 Å². The third kappa shape index (κ3) is 4.60. The maximum atomic E-state index is 13.2. The Bertz CT molecular complexity index is 600. The molecule has 1 heterocycles. The molecule has 0 bridgehead atoms. The SMILES string of the molecule is CCN1C[C@H](NC(=O)c2ccccc2OC(F)(F)C(F)F)[C@@H](OC)C1. The number of nitrogens with one attached hydrogen (secondary N) is 1. The van der Waals surface area contributed by atoms with Gasteiger partial charge in [0.15, 0.2) is 0 Å². The van der Waals surface area contributed by atoms with E-state index in [2.05, 4.69) is 15.0 Å². The fourth-order valence-corrected chi connectivity index (χ4v) is 2.67. The highest BCUT2D eigenvalue weighted by atomic mass is 19.3. The summed E-state index contributed by atoms with van der Waals surface area (Å²) in [5.41, 5.74) is -0.243. The van der Waals surface area contributed by atoms with Gasteiger partial charge in [0.05, 0.1) is 17.7 Å².